The molecule has 0 spiro atoms. The number of nitrogens with zero attached hydrogens (tertiary/aromatic N) is 1. The fraction of sp³-hybridized carbons (Fsp3) is 0.700. The molecule has 3 N–H and O–H groups in total. The number of rotatable bonds is 4. The van der Waals surface area contributed by atoms with Crippen LogP contribution in [0.15, 0.2) is 17.6 Å². The van der Waals surface area contributed by atoms with Gasteiger partial charge in [0, 0.05) is 12.6 Å². The molecule has 7 heteroatoms. The molecule has 0 amide bonds. The van der Waals surface area contributed by atoms with Gasteiger partial charge in [-0.3, -0.25) is 0 Å². The van der Waals surface area contributed by atoms with Crippen molar-refractivity contribution in [3.63, 3.8) is 0 Å². The molecule has 17 heavy (non-hydrogen) atoms. The molecule has 2 rings (SSSR count). The summed E-state index contributed by atoms with van der Waals surface area (Å²) in [6.07, 6.45) is 4.96. The van der Waals surface area contributed by atoms with E-state index in [0.29, 0.717) is 12.5 Å². The summed E-state index contributed by atoms with van der Waals surface area (Å²) in [5.41, 5.74) is 0. The van der Waals surface area contributed by atoms with E-state index in [1.165, 1.54) is 12.5 Å². The van der Waals surface area contributed by atoms with Crippen molar-refractivity contribution in [2.24, 2.45) is 5.92 Å². The van der Waals surface area contributed by atoms with Gasteiger partial charge >= 0.3 is 0 Å². The number of sulfonamides is 1. The summed E-state index contributed by atoms with van der Waals surface area (Å²) in [6.45, 7) is 3.52. The van der Waals surface area contributed by atoms with Crippen LogP contribution < -0.4 is 10.0 Å². The summed E-state index contributed by atoms with van der Waals surface area (Å²) < 4.78 is 26.3. The normalized spacial score (nSPS) is 25.9. The highest BCUT2D eigenvalue weighted by Crippen LogP contribution is 2.15. The molecule has 0 bridgehead atoms. The molecule has 96 valence electrons. The number of aromatic nitrogens is 2. The molecule has 0 radical (unpaired) electrons. The van der Waals surface area contributed by atoms with Gasteiger partial charge in [-0.1, -0.05) is 6.92 Å². The number of nitrogens with one attached hydrogen (secondary N) is 3. The van der Waals surface area contributed by atoms with Crippen LogP contribution in [-0.2, 0) is 10.0 Å². The maximum absolute atomic E-state index is 11.8. The average molecular weight is 258 g/mol. The second-order valence-corrected chi connectivity index (χ2v) is 6.18. The Hall–Kier alpha value is -0.920. The predicted octanol–water partition coefficient (Wildman–Crippen LogP) is 0.0761. The van der Waals surface area contributed by atoms with Crippen molar-refractivity contribution in [2.45, 2.75) is 30.8 Å². The first-order chi connectivity index (χ1) is 8.09. The first-order valence-corrected chi connectivity index (χ1v) is 7.29. The maximum Gasteiger partial charge on any atom is 0.257 e. The van der Waals surface area contributed by atoms with Crippen molar-refractivity contribution >= 4 is 10.0 Å². The van der Waals surface area contributed by atoms with Gasteiger partial charge in [0.15, 0.2) is 5.03 Å². The van der Waals surface area contributed by atoms with Crippen LogP contribution in [0.25, 0.3) is 0 Å². The number of imidazole rings is 1. The Morgan fingerprint density at radius 1 is 1.59 bits per heavy atom. The van der Waals surface area contributed by atoms with Crippen molar-refractivity contribution in [1.29, 1.82) is 0 Å². The molecular weight excluding hydrogens is 240 g/mol. The van der Waals surface area contributed by atoms with Crippen LogP contribution in [0, 0.1) is 5.92 Å². The Labute approximate surface area is 101 Å². The van der Waals surface area contributed by atoms with Crippen molar-refractivity contribution < 1.29 is 8.42 Å². The minimum atomic E-state index is -3.45. The lowest BCUT2D eigenvalue weighted by molar-refractivity contribution is 0.300. The standard InChI is InChI=1S/C10H18N4O2S/c1-8-3-2-4-12-9(8)5-14-17(15,16)10-6-11-7-13-10/h6-9,12,14H,2-5H2,1H3,(H,11,13). The highest BCUT2D eigenvalue weighted by Gasteiger charge is 2.23. The van der Waals surface area contributed by atoms with Crippen LogP contribution in [0.1, 0.15) is 19.8 Å². The molecule has 1 saturated heterocycles. The summed E-state index contributed by atoms with van der Waals surface area (Å²) in [4.78, 5) is 6.30. The van der Waals surface area contributed by atoms with Crippen molar-refractivity contribution in [3.05, 3.63) is 12.5 Å². The van der Waals surface area contributed by atoms with Gasteiger partial charge in [-0.15, -0.1) is 0 Å². The zero-order valence-corrected chi connectivity index (χ0v) is 10.6. The van der Waals surface area contributed by atoms with Gasteiger partial charge in [0.1, 0.15) is 0 Å². The van der Waals surface area contributed by atoms with Gasteiger partial charge in [0.2, 0.25) is 0 Å². The summed E-state index contributed by atoms with van der Waals surface area (Å²) in [5, 5.41) is 3.45. The molecule has 6 nitrogen and oxygen atoms in total. The summed E-state index contributed by atoms with van der Waals surface area (Å²) in [5.74, 6) is 0.494. The topological polar surface area (TPSA) is 86.9 Å². The lowest BCUT2D eigenvalue weighted by atomic mass is 9.93. The van der Waals surface area contributed by atoms with Gasteiger partial charge < -0.3 is 10.3 Å². The Morgan fingerprint density at radius 3 is 3.06 bits per heavy atom. The fourth-order valence-electron chi connectivity index (χ4n) is 2.05. The van der Waals surface area contributed by atoms with Crippen molar-refractivity contribution in [1.82, 2.24) is 20.0 Å². The fourth-order valence-corrected chi connectivity index (χ4v) is 3.02. The van der Waals surface area contributed by atoms with Gasteiger partial charge in [0.25, 0.3) is 10.0 Å². The average Bonchev–Trinajstić information content (AvgIpc) is 2.82. The number of aromatic amines is 1. The summed E-state index contributed by atoms with van der Waals surface area (Å²) >= 11 is 0. The van der Waals surface area contributed by atoms with E-state index in [1.54, 1.807) is 0 Å². The third-order valence-corrected chi connectivity index (χ3v) is 4.53. The predicted molar refractivity (Wildman–Crippen MR) is 64.0 cm³/mol. The molecule has 1 aromatic rings. The highest BCUT2D eigenvalue weighted by atomic mass is 32.2. The second kappa shape index (κ2) is 5.16. The van der Waals surface area contributed by atoms with Crippen LogP contribution in [0.4, 0.5) is 0 Å². The van der Waals surface area contributed by atoms with Gasteiger partial charge in [-0.25, -0.2) is 18.1 Å². The third kappa shape index (κ3) is 3.05. The van der Waals surface area contributed by atoms with Crippen LogP contribution >= 0.6 is 0 Å². The molecule has 0 aromatic carbocycles. The van der Waals surface area contributed by atoms with E-state index in [4.69, 9.17) is 0 Å². The van der Waals surface area contributed by atoms with Crippen molar-refractivity contribution in [2.75, 3.05) is 13.1 Å². The number of piperidine rings is 1. The van der Waals surface area contributed by atoms with E-state index < -0.39 is 10.0 Å². The Kier molecular flexibility index (Phi) is 3.80. The zero-order valence-electron chi connectivity index (χ0n) is 9.81. The first kappa shape index (κ1) is 12.5. The largest absolute Gasteiger partial charge is 0.335 e. The molecule has 1 aliphatic rings. The van der Waals surface area contributed by atoms with Gasteiger partial charge in [0.05, 0.1) is 12.5 Å². The van der Waals surface area contributed by atoms with E-state index in [9.17, 15) is 8.42 Å². The molecule has 2 unspecified atom stereocenters. The number of hydrogen-bond donors (Lipinski definition) is 3. The zero-order chi connectivity index (χ0) is 12.3. The summed E-state index contributed by atoms with van der Waals surface area (Å²) in [7, 11) is -3.45. The molecule has 0 aliphatic carbocycles. The Morgan fingerprint density at radius 2 is 2.41 bits per heavy atom. The molecule has 1 aromatic heterocycles. The van der Waals surface area contributed by atoms with E-state index in [0.717, 1.165) is 19.4 Å². The quantitative estimate of drug-likeness (QED) is 0.713. The molecule has 0 saturated carbocycles. The lowest BCUT2D eigenvalue weighted by Crippen LogP contribution is -2.47. The van der Waals surface area contributed by atoms with E-state index in [1.807, 2.05) is 0 Å². The van der Waals surface area contributed by atoms with E-state index in [2.05, 4.69) is 26.9 Å². The molecule has 2 atom stereocenters. The van der Waals surface area contributed by atoms with Crippen molar-refractivity contribution in [3.8, 4) is 0 Å². The molecule has 1 fully saturated rings. The minimum Gasteiger partial charge on any atom is -0.335 e. The van der Waals surface area contributed by atoms with E-state index in [-0.39, 0.29) is 11.1 Å². The van der Waals surface area contributed by atoms with E-state index >= 15 is 0 Å². The van der Waals surface area contributed by atoms with Crippen LogP contribution in [-0.4, -0.2) is 37.5 Å². The van der Waals surface area contributed by atoms with Gasteiger partial charge in [-0.05, 0) is 25.3 Å². The van der Waals surface area contributed by atoms with Gasteiger partial charge in [-0.2, -0.15) is 0 Å². The first-order valence-electron chi connectivity index (χ1n) is 5.81. The maximum atomic E-state index is 11.8. The van der Waals surface area contributed by atoms with Crippen LogP contribution in [0.2, 0.25) is 0 Å². The molecular formula is C10H18N4O2S. The number of H-pyrrole nitrogens is 1. The SMILES string of the molecule is CC1CCCNC1CNS(=O)(=O)c1cnc[nH]1. The molecule has 2 heterocycles. The Balaban J connectivity index is 1.93. The monoisotopic (exact) mass is 258 g/mol. The molecule has 1 aliphatic heterocycles. The van der Waals surface area contributed by atoms with Crippen LogP contribution in [0.3, 0.4) is 0 Å². The second-order valence-electron chi connectivity index (χ2n) is 4.45. The number of hydrogen-bond acceptors (Lipinski definition) is 4. The highest BCUT2D eigenvalue weighted by molar-refractivity contribution is 7.89. The smallest absolute Gasteiger partial charge is 0.257 e. The minimum absolute atomic E-state index is 0.112. The van der Waals surface area contributed by atoms with Crippen LogP contribution in [0.5, 0.6) is 0 Å². The summed E-state index contributed by atoms with van der Waals surface area (Å²) in [6, 6.07) is 0.210. The lowest BCUT2D eigenvalue weighted by Gasteiger charge is -2.30. The Bertz CT molecular complexity index is 443. The third-order valence-electron chi connectivity index (χ3n) is 3.19.